The van der Waals surface area contributed by atoms with Gasteiger partial charge >= 0.3 is 11.9 Å². The lowest BCUT2D eigenvalue weighted by Gasteiger charge is -2.18. The van der Waals surface area contributed by atoms with Crippen molar-refractivity contribution in [1.82, 2.24) is 0 Å². The van der Waals surface area contributed by atoms with E-state index in [0.717, 1.165) is 96.3 Å². The maximum atomic E-state index is 12.8. The van der Waals surface area contributed by atoms with Crippen molar-refractivity contribution in [2.75, 3.05) is 19.8 Å². The SMILES string of the molecule is CC/C=C\C/C=C\C/C=C\C/C=C\CCCCCCCCC(=O)OCC(COCCCCCCCCCCCCCCCC)OC(=O)CCCCCCC/C=C\C/C=C\CCCCC. The fourth-order valence-electron chi connectivity index (χ4n) is 7.65. The van der Waals surface area contributed by atoms with Gasteiger partial charge < -0.3 is 14.2 Å². The predicted octanol–water partition coefficient (Wildman–Crippen LogP) is 18.7. The monoisotopic (exact) mass is 893 g/mol. The van der Waals surface area contributed by atoms with Crippen molar-refractivity contribution in [3.63, 3.8) is 0 Å². The second kappa shape index (κ2) is 54.7. The van der Waals surface area contributed by atoms with Crippen LogP contribution in [-0.2, 0) is 23.8 Å². The van der Waals surface area contributed by atoms with E-state index >= 15 is 0 Å². The molecule has 5 nitrogen and oxygen atoms in total. The fraction of sp³-hybridized carbons (Fsp3) is 0.763. The minimum absolute atomic E-state index is 0.0722. The van der Waals surface area contributed by atoms with Crippen LogP contribution in [0.5, 0.6) is 0 Å². The summed E-state index contributed by atoms with van der Waals surface area (Å²) in [7, 11) is 0. The lowest BCUT2D eigenvalue weighted by atomic mass is 10.0. The van der Waals surface area contributed by atoms with Gasteiger partial charge in [0.2, 0.25) is 0 Å². The Hall–Kier alpha value is -2.66. The molecule has 0 aromatic carbocycles. The Morgan fingerprint density at radius 1 is 0.359 bits per heavy atom. The molecule has 0 fully saturated rings. The van der Waals surface area contributed by atoms with E-state index in [2.05, 4.69) is 93.7 Å². The molecule has 0 radical (unpaired) electrons. The number of unbranched alkanes of at least 4 members (excludes halogenated alkanes) is 27. The zero-order valence-corrected chi connectivity index (χ0v) is 42.5. The molecule has 0 aliphatic heterocycles. The molecule has 0 heterocycles. The number of carbonyl (C=O) groups excluding carboxylic acids is 2. The molecule has 5 heteroatoms. The third-order valence-electron chi connectivity index (χ3n) is 11.7. The third kappa shape index (κ3) is 52.0. The fourth-order valence-corrected chi connectivity index (χ4v) is 7.65. The Labute approximate surface area is 397 Å². The summed E-state index contributed by atoms with van der Waals surface area (Å²) in [5, 5.41) is 0. The van der Waals surface area contributed by atoms with Gasteiger partial charge in [0, 0.05) is 19.4 Å². The van der Waals surface area contributed by atoms with E-state index in [0.29, 0.717) is 19.4 Å². The second-order valence-corrected chi connectivity index (χ2v) is 18.1. The Morgan fingerprint density at radius 2 is 0.703 bits per heavy atom. The van der Waals surface area contributed by atoms with E-state index in [1.54, 1.807) is 0 Å². The van der Waals surface area contributed by atoms with Gasteiger partial charge in [-0.05, 0) is 89.9 Å². The highest BCUT2D eigenvalue weighted by atomic mass is 16.6. The van der Waals surface area contributed by atoms with Gasteiger partial charge in [0.1, 0.15) is 6.61 Å². The molecule has 0 amide bonds. The van der Waals surface area contributed by atoms with Crippen LogP contribution in [0.25, 0.3) is 0 Å². The van der Waals surface area contributed by atoms with Crippen molar-refractivity contribution in [2.24, 2.45) is 0 Å². The van der Waals surface area contributed by atoms with Crippen molar-refractivity contribution in [3.05, 3.63) is 72.9 Å². The first kappa shape index (κ1) is 61.3. The zero-order chi connectivity index (χ0) is 46.3. The summed E-state index contributed by atoms with van der Waals surface area (Å²) in [6.07, 6.45) is 70.5. The maximum absolute atomic E-state index is 12.8. The molecule has 0 spiro atoms. The van der Waals surface area contributed by atoms with Crippen LogP contribution in [0.2, 0.25) is 0 Å². The molecule has 0 saturated heterocycles. The van der Waals surface area contributed by atoms with E-state index in [1.807, 2.05) is 0 Å². The zero-order valence-electron chi connectivity index (χ0n) is 42.5. The molecule has 0 rings (SSSR count). The molecule has 1 unspecified atom stereocenters. The highest BCUT2D eigenvalue weighted by Crippen LogP contribution is 2.15. The van der Waals surface area contributed by atoms with Crippen LogP contribution in [-0.4, -0.2) is 37.9 Å². The molecule has 0 aromatic heterocycles. The van der Waals surface area contributed by atoms with Crippen LogP contribution in [0, 0.1) is 0 Å². The van der Waals surface area contributed by atoms with Gasteiger partial charge in [-0.2, -0.15) is 0 Å². The second-order valence-electron chi connectivity index (χ2n) is 18.1. The van der Waals surface area contributed by atoms with E-state index in [4.69, 9.17) is 14.2 Å². The average molecular weight is 893 g/mol. The average Bonchev–Trinajstić information content (AvgIpc) is 3.30. The Kier molecular flexibility index (Phi) is 52.4. The van der Waals surface area contributed by atoms with Gasteiger partial charge in [-0.3, -0.25) is 9.59 Å². The Bertz CT molecular complexity index is 1150. The minimum Gasteiger partial charge on any atom is -0.462 e. The number of carbonyl (C=O) groups is 2. The van der Waals surface area contributed by atoms with Crippen molar-refractivity contribution < 1.29 is 23.8 Å². The van der Waals surface area contributed by atoms with Gasteiger partial charge in [0.05, 0.1) is 6.61 Å². The van der Waals surface area contributed by atoms with Crippen molar-refractivity contribution in [2.45, 2.75) is 271 Å². The summed E-state index contributed by atoms with van der Waals surface area (Å²) < 4.78 is 17.4. The highest BCUT2D eigenvalue weighted by molar-refractivity contribution is 5.70. The summed E-state index contributed by atoms with van der Waals surface area (Å²) in [6.45, 7) is 7.69. The summed E-state index contributed by atoms with van der Waals surface area (Å²) in [5.74, 6) is -0.421. The van der Waals surface area contributed by atoms with E-state index in [1.165, 1.54) is 135 Å². The first-order valence-electron chi connectivity index (χ1n) is 27.5. The molecular formula is C59H104O5. The standard InChI is InChI=1S/C59H104O5/c1-4-7-10-13-16-19-22-25-28-29-30-31-33-34-37-40-43-46-49-52-58(60)63-56-57(55-62-54-51-48-45-42-39-36-27-24-21-18-15-12-9-6-3)64-59(61)53-50-47-44-41-38-35-32-26-23-20-17-14-11-8-5-2/h7,10,16-17,19-20,25-26,28,30-32,57H,4-6,8-9,11-15,18,21-24,27,29,33-56H2,1-3H3/b10-7-,19-16-,20-17-,28-25-,31-30-,32-26-. The molecule has 0 saturated carbocycles. The summed E-state index contributed by atoms with van der Waals surface area (Å²) in [4.78, 5) is 25.5. The lowest BCUT2D eigenvalue weighted by Crippen LogP contribution is -2.30. The molecule has 1 atom stereocenters. The smallest absolute Gasteiger partial charge is 0.306 e. The number of rotatable bonds is 50. The number of ether oxygens (including phenoxy) is 3. The number of allylic oxidation sites excluding steroid dienone is 12. The van der Waals surface area contributed by atoms with Crippen LogP contribution < -0.4 is 0 Å². The molecule has 0 bridgehead atoms. The van der Waals surface area contributed by atoms with Crippen LogP contribution in [0.3, 0.4) is 0 Å². The van der Waals surface area contributed by atoms with Gasteiger partial charge in [0.25, 0.3) is 0 Å². The van der Waals surface area contributed by atoms with Gasteiger partial charge in [-0.1, -0.05) is 235 Å². The first-order valence-corrected chi connectivity index (χ1v) is 27.5. The largest absolute Gasteiger partial charge is 0.462 e. The molecule has 0 N–H and O–H groups in total. The topological polar surface area (TPSA) is 61.8 Å². The number of hydrogen-bond acceptors (Lipinski definition) is 5. The molecule has 0 aliphatic rings. The third-order valence-corrected chi connectivity index (χ3v) is 11.7. The van der Waals surface area contributed by atoms with Gasteiger partial charge in [-0.25, -0.2) is 0 Å². The van der Waals surface area contributed by atoms with Crippen molar-refractivity contribution in [1.29, 1.82) is 0 Å². The minimum atomic E-state index is -0.550. The van der Waals surface area contributed by atoms with Crippen molar-refractivity contribution >= 4 is 11.9 Å². The van der Waals surface area contributed by atoms with Crippen LogP contribution in [0.15, 0.2) is 72.9 Å². The van der Waals surface area contributed by atoms with Crippen LogP contribution in [0.1, 0.15) is 265 Å². The highest BCUT2D eigenvalue weighted by Gasteiger charge is 2.17. The Morgan fingerprint density at radius 3 is 1.16 bits per heavy atom. The molecule has 0 aliphatic carbocycles. The van der Waals surface area contributed by atoms with E-state index < -0.39 is 6.10 Å². The lowest BCUT2D eigenvalue weighted by molar-refractivity contribution is -0.163. The molecule has 0 aromatic rings. The normalized spacial score (nSPS) is 12.7. The number of esters is 2. The van der Waals surface area contributed by atoms with Gasteiger partial charge in [-0.15, -0.1) is 0 Å². The quantitative estimate of drug-likeness (QED) is 0.0346. The summed E-state index contributed by atoms with van der Waals surface area (Å²) >= 11 is 0. The summed E-state index contributed by atoms with van der Waals surface area (Å²) in [5.41, 5.74) is 0. The van der Waals surface area contributed by atoms with Crippen LogP contribution in [0.4, 0.5) is 0 Å². The molecular weight excluding hydrogens is 789 g/mol. The molecule has 370 valence electrons. The predicted molar refractivity (Wildman–Crippen MR) is 279 cm³/mol. The van der Waals surface area contributed by atoms with E-state index in [-0.39, 0.29) is 25.2 Å². The first-order chi connectivity index (χ1) is 31.6. The van der Waals surface area contributed by atoms with Gasteiger partial charge in [0.15, 0.2) is 6.10 Å². The van der Waals surface area contributed by atoms with Crippen LogP contribution >= 0.6 is 0 Å². The van der Waals surface area contributed by atoms with Crippen molar-refractivity contribution in [3.8, 4) is 0 Å². The Balaban J connectivity index is 4.30. The number of hydrogen-bond donors (Lipinski definition) is 0. The summed E-state index contributed by atoms with van der Waals surface area (Å²) in [6, 6.07) is 0. The van der Waals surface area contributed by atoms with E-state index in [9.17, 15) is 9.59 Å². The molecule has 64 heavy (non-hydrogen) atoms. The maximum Gasteiger partial charge on any atom is 0.306 e.